The van der Waals surface area contributed by atoms with Crippen LogP contribution in [0.4, 0.5) is 0 Å². The van der Waals surface area contributed by atoms with Gasteiger partial charge in [0.2, 0.25) is 6.10 Å². The molecule has 0 amide bonds. The number of cyclic esters (lactones) is 2. The first-order valence-corrected chi connectivity index (χ1v) is 5.69. The summed E-state index contributed by atoms with van der Waals surface area (Å²) in [5.41, 5.74) is 0.987. The lowest BCUT2D eigenvalue weighted by molar-refractivity contribution is -0.197. The van der Waals surface area contributed by atoms with Gasteiger partial charge in [0, 0.05) is 0 Å². The zero-order chi connectivity index (χ0) is 13.0. The highest BCUT2D eigenvalue weighted by Crippen LogP contribution is 2.11. The van der Waals surface area contributed by atoms with Crippen LogP contribution in [0.1, 0.15) is 12.5 Å². The highest BCUT2D eigenvalue weighted by molar-refractivity contribution is 5.87. The summed E-state index contributed by atoms with van der Waals surface area (Å²) in [4.78, 5) is 22.6. The number of esters is 2. The molecule has 0 bridgehead atoms. The Kier molecular flexibility index (Phi) is 3.94. The van der Waals surface area contributed by atoms with Crippen LogP contribution in [0.3, 0.4) is 0 Å². The molecule has 5 heteroatoms. The minimum Gasteiger partial charge on any atom is -0.448 e. The Balaban J connectivity index is 1.80. The Morgan fingerprint density at radius 1 is 1.11 bits per heavy atom. The van der Waals surface area contributed by atoms with Crippen molar-refractivity contribution >= 4 is 11.9 Å². The molecule has 1 aromatic rings. The van der Waals surface area contributed by atoms with E-state index in [0.29, 0.717) is 6.61 Å². The van der Waals surface area contributed by atoms with Crippen LogP contribution in [0.25, 0.3) is 0 Å². The smallest absolute Gasteiger partial charge is 0.350 e. The first-order chi connectivity index (χ1) is 8.66. The lowest BCUT2D eigenvalue weighted by Gasteiger charge is -2.25. The summed E-state index contributed by atoms with van der Waals surface area (Å²) >= 11 is 0. The van der Waals surface area contributed by atoms with Crippen molar-refractivity contribution < 1.29 is 23.8 Å². The first kappa shape index (κ1) is 12.6. The van der Waals surface area contributed by atoms with Gasteiger partial charge in [-0.25, -0.2) is 9.59 Å². The molecule has 0 aromatic heterocycles. The van der Waals surface area contributed by atoms with Gasteiger partial charge in [0.05, 0.1) is 13.2 Å². The van der Waals surface area contributed by atoms with Crippen molar-refractivity contribution in [2.45, 2.75) is 25.7 Å². The summed E-state index contributed by atoms with van der Waals surface area (Å²) in [6.45, 7) is 1.84. The van der Waals surface area contributed by atoms with E-state index in [1.807, 2.05) is 30.3 Å². The maximum Gasteiger partial charge on any atom is 0.350 e. The maximum atomic E-state index is 11.4. The predicted molar refractivity (Wildman–Crippen MR) is 61.5 cm³/mol. The Hall–Kier alpha value is -1.88. The zero-order valence-electron chi connectivity index (χ0n) is 10.00. The monoisotopic (exact) mass is 250 g/mol. The van der Waals surface area contributed by atoms with E-state index in [1.54, 1.807) is 0 Å². The van der Waals surface area contributed by atoms with Gasteiger partial charge in [-0.05, 0) is 12.5 Å². The highest BCUT2D eigenvalue weighted by Gasteiger charge is 2.35. The standard InChI is InChI=1S/C13H14O5/c1-9-12(14)18-11(13(15)17-9)8-16-7-10-5-3-2-4-6-10/h2-6,9,11H,7-8H2,1H3/t9?,11-/m0/s1. The summed E-state index contributed by atoms with van der Waals surface area (Å²) in [6.07, 6.45) is -1.79. The Morgan fingerprint density at radius 3 is 2.56 bits per heavy atom. The molecule has 0 spiro atoms. The minimum absolute atomic E-state index is 0.00614. The molecule has 0 saturated carbocycles. The Bertz CT molecular complexity index is 428. The lowest BCUT2D eigenvalue weighted by atomic mass is 10.2. The lowest BCUT2D eigenvalue weighted by Crippen LogP contribution is -2.44. The van der Waals surface area contributed by atoms with Crippen molar-refractivity contribution in [2.24, 2.45) is 0 Å². The zero-order valence-corrected chi connectivity index (χ0v) is 10.00. The predicted octanol–water partition coefficient (Wildman–Crippen LogP) is 1.06. The second-order valence-corrected chi connectivity index (χ2v) is 4.01. The molecular formula is C13H14O5. The number of carbonyl (C=O) groups excluding carboxylic acids is 2. The molecule has 0 radical (unpaired) electrons. The van der Waals surface area contributed by atoms with Crippen LogP contribution in [0.15, 0.2) is 30.3 Å². The quantitative estimate of drug-likeness (QED) is 0.748. The van der Waals surface area contributed by atoms with Gasteiger partial charge in [0.1, 0.15) is 0 Å². The minimum atomic E-state index is -0.961. The molecular weight excluding hydrogens is 236 g/mol. The number of hydrogen-bond donors (Lipinski definition) is 0. The molecule has 1 fully saturated rings. The summed E-state index contributed by atoms with van der Waals surface area (Å²) in [5.74, 6) is -1.10. The average Bonchev–Trinajstić information content (AvgIpc) is 2.37. The van der Waals surface area contributed by atoms with Crippen molar-refractivity contribution in [1.29, 1.82) is 0 Å². The van der Waals surface area contributed by atoms with E-state index in [2.05, 4.69) is 0 Å². The van der Waals surface area contributed by atoms with Crippen LogP contribution in [0.2, 0.25) is 0 Å². The molecule has 1 saturated heterocycles. The Morgan fingerprint density at radius 2 is 1.83 bits per heavy atom. The molecule has 0 N–H and O–H groups in total. The van der Waals surface area contributed by atoms with Crippen LogP contribution < -0.4 is 0 Å². The summed E-state index contributed by atoms with van der Waals surface area (Å²) in [5, 5.41) is 0. The maximum absolute atomic E-state index is 11.4. The molecule has 2 rings (SSSR count). The van der Waals surface area contributed by atoms with E-state index in [1.165, 1.54) is 6.92 Å². The van der Waals surface area contributed by atoms with Crippen molar-refractivity contribution in [2.75, 3.05) is 6.61 Å². The molecule has 96 valence electrons. The van der Waals surface area contributed by atoms with Crippen LogP contribution in [-0.2, 0) is 30.4 Å². The van der Waals surface area contributed by atoms with E-state index in [0.717, 1.165) is 5.56 Å². The fourth-order valence-corrected chi connectivity index (χ4v) is 1.54. The molecule has 1 heterocycles. The van der Waals surface area contributed by atoms with Crippen molar-refractivity contribution in [3.63, 3.8) is 0 Å². The van der Waals surface area contributed by atoms with E-state index in [-0.39, 0.29) is 6.61 Å². The summed E-state index contributed by atoms with van der Waals surface area (Å²) < 4.78 is 15.1. The van der Waals surface area contributed by atoms with Crippen molar-refractivity contribution in [3.8, 4) is 0 Å². The Labute approximate surface area is 105 Å². The molecule has 18 heavy (non-hydrogen) atoms. The summed E-state index contributed by atoms with van der Waals surface area (Å²) in [7, 11) is 0. The number of ether oxygens (including phenoxy) is 3. The molecule has 5 nitrogen and oxygen atoms in total. The second kappa shape index (κ2) is 5.64. The molecule has 2 atom stereocenters. The third kappa shape index (κ3) is 3.07. The molecule has 1 aromatic carbocycles. The SMILES string of the molecule is CC1OC(=O)[C@H](COCc2ccccc2)OC1=O. The summed E-state index contributed by atoms with van der Waals surface area (Å²) in [6, 6.07) is 9.52. The van der Waals surface area contributed by atoms with Crippen LogP contribution >= 0.6 is 0 Å². The largest absolute Gasteiger partial charge is 0.448 e. The average molecular weight is 250 g/mol. The van der Waals surface area contributed by atoms with Gasteiger partial charge >= 0.3 is 11.9 Å². The van der Waals surface area contributed by atoms with Gasteiger partial charge in [-0.2, -0.15) is 0 Å². The third-order valence-electron chi connectivity index (χ3n) is 2.53. The molecule has 1 aliphatic heterocycles. The highest BCUT2D eigenvalue weighted by atomic mass is 16.7. The van der Waals surface area contributed by atoms with Gasteiger partial charge in [-0.15, -0.1) is 0 Å². The van der Waals surface area contributed by atoms with Crippen molar-refractivity contribution in [1.82, 2.24) is 0 Å². The van der Waals surface area contributed by atoms with E-state index in [4.69, 9.17) is 14.2 Å². The number of benzene rings is 1. The number of rotatable bonds is 4. The molecule has 1 unspecified atom stereocenters. The van der Waals surface area contributed by atoms with E-state index in [9.17, 15) is 9.59 Å². The third-order valence-corrected chi connectivity index (χ3v) is 2.53. The van der Waals surface area contributed by atoms with Gasteiger partial charge in [0.25, 0.3) is 0 Å². The fourth-order valence-electron chi connectivity index (χ4n) is 1.54. The first-order valence-electron chi connectivity index (χ1n) is 5.69. The van der Waals surface area contributed by atoms with Gasteiger partial charge in [-0.1, -0.05) is 30.3 Å². The van der Waals surface area contributed by atoms with Crippen LogP contribution in [0, 0.1) is 0 Å². The van der Waals surface area contributed by atoms with Gasteiger partial charge in [-0.3, -0.25) is 0 Å². The number of hydrogen-bond acceptors (Lipinski definition) is 5. The number of carbonyl (C=O) groups is 2. The van der Waals surface area contributed by atoms with Crippen molar-refractivity contribution in [3.05, 3.63) is 35.9 Å². The normalized spacial score (nSPS) is 23.4. The van der Waals surface area contributed by atoms with E-state index >= 15 is 0 Å². The fraction of sp³-hybridized carbons (Fsp3) is 0.385. The molecule has 0 aliphatic carbocycles. The van der Waals surface area contributed by atoms with Crippen LogP contribution in [-0.4, -0.2) is 30.8 Å². The van der Waals surface area contributed by atoms with Gasteiger partial charge < -0.3 is 14.2 Å². The van der Waals surface area contributed by atoms with Crippen LogP contribution in [0.5, 0.6) is 0 Å². The molecule has 1 aliphatic rings. The van der Waals surface area contributed by atoms with E-state index < -0.39 is 24.1 Å². The topological polar surface area (TPSA) is 61.8 Å². The second-order valence-electron chi connectivity index (χ2n) is 4.01. The van der Waals surface area contributed by atoms with Gasteiger partial charge in [0.15, 0.2) is 6.10 Å².